The number of nitrogens with one attached hydrogen (secondary N) is 1. The maximum atomic E-state index is 12.3. The molecule has 0 saturated heterocycles. The van der Waals surface area contributed by atoms with Gasteiger partial charge in [-0.3, -0.25) is 4.79 Å². The van der Waals surface area contributed by atoms with E-state index in [0.717, 1.165) is 17.9 Å². The van der Waals surface area contributed by atoms with Crippen molar-refractivity contribution in [3.63, 3.8) is 0 Å². The van der Waals surface area contributed by atoms with Gasteiger partial charge in [0.2, 0.25) is 0 Å². The van der Waals surface area contributed by atoms with Crippen molar-refractivity contribution in [3.05, 3.63) is 90.1 Å². The highest BCUT2D eigenvalue weighted by Gasteiger charge is 2.14. The SMILES string of the molecule is CCCNC(=O)c1ccnc(N(Cc2ccccc2)c2ccccc2)c1. The van der Waals surface area contributed by atoms with Gasteiger partial charge in [-0.15, -0.1) is 0 Å². The van der Waals surface area contributed by atoms with Crippen molar-refractivity contribution in [1.82, 2.24) is 10.3 Å². The maximum Gasteiger partial charge on any atom is 0.251 e. The van der Waals surface area contributed by atoms with Crippen molar-refractivity contribution in [2.75, 3.05) is 11.4 Å². The minimum absolute atomic E-state index is 0.0665. The molecule has 0 atom stereocenters. The molecule has 0 unspecified atom stereocenters. The summed E-state index contributed by atoms with van der Waals surface area (Å²) >= 11 is 0. The summed E-state index contributed by atoms with van der Waals surface area (Å²) in [4.78, 5) is 19.0. The molecule has 1 N–H and O–H groups in total. The average Bonchev–Trinajstić information content (AvgIpc) is 2.71. The number of aromatic nitrogens is 1. The first kappa shape index (κ1) is 17.7. The van der Waals surface area contributed by atoms with Gasteiger partial charge in [0.1, 0.15) is 5.82 Å². The van der Waals surface area contributed by atoms with Crippen LogP contribution in [0.15, 0.2) is 79.0 Å². The molecule has 0 aliphatic heterocycles. The van der Waals surface area contributed by atoms with E-state index in [-0.39, 0.29) is 5.91 Å². The lowest BCUT2D eigenvalue weighted by molar-refractivity contribution is 0.0953. The zero-order valence-electron chi connectivity index (χ0n) is 14.9. The van der Waals surface area contributed by atoms with E-state index in [1.165, 1.54) is 5.56 Å². The first-order valence-corrected chi connectivity index (χ1v) is 8.88. The summed E-state index contributed by atoms with van der Waals surface area (Å²) in [7, 11) is 0. The normalized spacial score (nSPS) is 10.3. The van der Waals surface area contributed by atoms with E-state index < -0.39 is 0 Å². The lowest BCUT2D eigenvalue weighted by atomic mass is 10.1. The number of carbonyl (C=O) groups is 1. The number of anilines is 2. The molecule has 4 heteroatoms. The smallest absolute Gasteiger partial charge is 0.251 e. The number of hydrogen-bond acceptors (Lipinski definition) is 3. The highest BCUT2D eigenvalue weighted by molar-refractivity contribution is 5.95. The Morgan fingerprint density at radius 3 is 2.38 bits per heavy atom. The molecule has 2 aromatic carbocycles. The number of benzene rings is 2. The van der Waals surface area contributed by atoms with Crippen molar-refractivity contribution in [2.24, 2.45) is 0 Å². The van der Waals surface area contributed by atoms with Gasteiger partial charge >= 0.3 is 0 Å². The number of rotatable bonds is 7. The summed E-state index contributed by atoms with van der Waals surface area (Å²) in [6.07, 6.45) is 2.60. The standard InChI is InChI=1S/C22H23N3O/c1-2-14-24-22(26)19-13-15-23-21(16-19)25(20-11-7-4-8-12-20)17-18-9-5-3-6-10-18/h3-13,15-16H,2,14,17H2,1H3,(H,24,26). The minimum Gasteiger partial charge on any atom is -0.352 e. The first-order valence-electron chi connectivity index (χ1n) is 8.88. The fourth-order valence-corrected chi connectivity index (χ4v) is 2.73. The maximum absolute atomic E-state index is 12.3. The van der Waals surface area contributed by atoms with Gasteiger partial charge in [0.25, 0.3) is 5.91 Å². The van der Waals surface area contributed by atoms with Gasteiger partial charge in [-0.2, -0.15) is 0 Å². The van der Waals surface area contributed by atoms with E-state index in [1.807, 2.05) is 49.4 Å². The topological polar surface area (TPSA) is 45.2 Å². The predicted octanol–water partition coefficient (Wildman–Crippen LogP) is 4.56. The molecule has 26 heavy (non-hydrogen) atoms. The molecular formula is C22H23N3O. The van der Waals surface area contributed by atoms with Crippen molar-refractivity contribution in [2.45, 2.75) is 19.9 Å². The van der Waals surface area contributed by atoms with E-state index in [0.29, 0.717) is 18.7 Å². The number of para-hydroxylation sites is 1. The van der Waals surface area contributed by atoms with Crippen LogP contribution in [0.25, 0.3) is 0 Å². The van der Waals surface area contributed by atoms with Gasteiger partial charge in [0.15, 0.2) is 0 Å². The van der Waals surface area contributed by atoms with Crippen LogP contribution in [-0.2, 0) is 6.54 Å². The lowest BCUT2D eigenvalue weighted by Crippen LogP contribution is -2.25. The second-order valence-corrected chi connectivity index (χ2v) is 6.07. The molecule has 4 nitrogen and oxygen atoms in total. The monoisotopic (exact) mass is 345 g/mol. The van der Waals surface area contributed by atoms with Gasteiger partial charge in [-0.1, -0.05) is 55.5 Å². The molecule has 0 aliphatic rings. The molecule has 0 saturated carbocycles. The minimum atomic E-state index is -0.0665. The molecule has 1 aromatic heterocycles. The predicted molar refractivity (Wildman–Crippen MR) is 106 cm³/mol. The van der Waals surface area contributed by atoms with Crippen LogP contribution in [0, 0.1) is 0 Å². The van der Waals surface area contributed by atoms with Crippen LogP contribution < -0.4 is 10.2 Å². The van der Waals surface area contributed by atoms with Gasteiger partial charge < -0.3 is 10.2 Å². The molecular weight excluding hydrogens is 322 g/mol. The summed E-state index contributed by atoms with van der Waals surface area (Å²) in [5.41, 5.74) is 2.84. The van der Waals surface area contributed by atoms with E-state index in [9.17, 15) is 4.79 Å². The Morgan fingerprint density at radius 1 is 1.00 bits per heavy atom. The number of amides is 1. The molecule has 1 amide bonds. The second kappa shape index (κ2) is 8.81. The van der Waals surface area contributed by atoms with Crippen molar-refractivity contribution < 1.29 is 4.79 Å². The number of pyridine rings is 1. The average molecular weight is 345 g/mol. The zero-order chi connectivity index (χ0) is 18.2. The van der Waals surface area contributed by atoms with Gasteiger partial charge in [0.05, 0.1) is 0 Å². The third-order valence-corrected chi connectivity index (χ3v) is 4.07. The Hall–Kier alpha value is -3.14. The van der Waals surface area contributed by atoms with Crippen molar-refractivity contribution in [1.29, 1.82) is 0 Å². The van der Waals surface area contributed by atoms with Crippen LogP contribution in [0.2, 0.25) is 0 Å². The van der Waals surface area contributed by atoms with Crippen LogP contribution >= 0.6 is 0 Å². The fraction of sp³-hybridized carbons (Fsp3) is 0.182. The lowest BCUT2D eigenvalue weighted by Gasteiger charge is -2.24. The molecule has 3 aromatic rings. The Bertz CT molecular complexity index is 834. The van der Waals surface area contributed by atoms with E-state index in [4.69, 9.17) is 0 Å². The highest BCUT2D eigenvalue weighted by Crippen LogP contribution is 2.26. The zero-order valence-corrected chi connectivity index (χ0v) is 14.9. The number of carbonyl (C=O) groups excluding carboxylic acids is 1. The molecule has 132 valence electrons. The van der Waals surface area contributed by atoms with Gasteiger partial charge in [-0.25, -0.2) is 4.98 Å². The largest absolute Gasteiger partial charge is 0.352 e. The number of nitrogens with zero attached hydrogens (tertiary/aromatic N) is 2. The van der Waals surface area contributed by atoms with Crippen LogP contribution in [-0.4, -0.2) is 17.4 Å². The molecule has 0 spiro atoms. The van der Waals surface area contributed by atoms with Crippen LogP contribution in [0.3, 0.4) is 0 Å². The molecule has 0 bridgehead atoms. The van der Waals surface area contributed by atoms with Crippen LogP contribution in [0.1, 0.15) is 29.3 Å². The first-order chi connectivity index (χ1) is 12.8. The van der Waals surface area contributed by atoms with E-state index in [1.54, 1.807) is 12.3 Å². The van der Waals surface area contributed by atoms with E-state index >= 15 is 0 Å². The third-order valence-electron chi connectivity index (χ3n) is 4.07. The van der Waals surface area contributed by atoms with Crippen molar-refractivity contribution in [3.8, 4) is 0 Å². The summed E-state index contributed by atoms with van der Waals surface area (Å²) in [5.74, 6) is 0.687. The molecule has 0 fully saturated rings. The van der Waals surface area contributed by atoms with Gasteiger partial charge in [-0.05, 0) is 36.2 Å². The molecule has 0 radical (unpaired) electrons. The Labute approximate surface area is 154 Å². The number of hydrogen-bond donors (Lipinski definition) is 1. The summed E-state index contributed by atoms with van der Waals surface area (Å²) in [6, 6.07) is 23.9. The van der Waals surface area contributed by atoms with Crippen molar-refractivity contribution >= 4 is 17.4 Å². The fourth-order valence-electron chi connectivity index (χ4n) is 2.73. The summed E-state index contributed by atoms with van der Waals surface area (Å²) in [5, 5.41) is 2.92. The van der Waals surface area contributed by atoms with Crippen LogP contribution in [0.5, 0.6) is 0 Å². The molecule has 1 heterocycles. The Kier molecular flexibility index (Phi) is 5.99. The highest BCUT2D eigenvalue weighted by atomic mass is 16.1. The third kappa shape index (κ3) is 4.48. The molecule has 0 aliphatic carbocycles. The Balaban J connectivity index is 1.93. The summed E-state index contributed by atoms with van der Waals surface area (Å²) in [6.45, 7) is 3.38. The summed E-state index contributed by atoms with van der Waals surface area (Å²) < 4.78 is 0. The quantitative estimate of drug-likeness (QED) is 0.683. The second-order valence-electron chi connectivity index (χ2n) is 6.07. The Morgan fingerprint density at radius 2 is 1.69 bits per heavy atom. The van der Waals surface area contributed by atoms with E-state index in [2.05, 4.69) is 39.5 Å². The van der Waals surface area contributed by atoms with Gasteiger partial charge in [0, 0.05) is 30.5 Å². The molecule has 3 rings (SSSR count). The van der Waals surface area contributed by atoms with Crippen LogP contribution in [0.4, 0.5) is 11.5 Å².